The van der Waals surface area contributed by atoms with Gasteiger partial charge in [-0.05, 0) is 25.3 Å². The van der Waals surface area contributed by atoms with Crippen LogP contribution in [0.3, 0.4) is 0 Å². The SMILES string of the molecule is NCCc1nc(C(=O)NCC2CCCC2C(=O)O)cs1. The normalized spacial score (nSPS) is 21.9. The summed E-state index contributed by atoms with van der Waals surface area (Å²) in [7, 11) is 0. The third-order valence-electron chi connectivity index (χ3n) is 3.64. The van der Waals surface area contributed by atoms with Gasteiger partial charge in [0.25, 0.3) is 5.91 Å². The van der Waals surface area contributed by atoms with E-state index < -0.39 is 5.97 Å². The Hall–Kier alpha value is -1.47. The molecule has 7 heteroatoms. The Morgan fingerprint density at radius 3 is 3.00 bits per heavy atom. The number of thiazole rings is 1. The van der Waals surface area contributed by atoms with Gasteiger partial charge in [0.05, 0.1) is 10.9 Å². The van der Waals surface area contributed by atoms with E-state index in [9.17, 15) is 9.59 Å². The maximum Gasteiger partial charge on any atom is 0.306 e. The molecule has 0 radical (unpaired) electrons. The highest BCUT2D eigenvalue weighted by Gasteiger charge is 2.32. The van der Waals surface area contributed by atoms with E-state index in [2.05, 4.69) is 10.3 Å². The molecule has 1 aromatic heterocycles. The Balaban J connectivity index is 1.86. The zero-order valence-electron chi connectivity index (χ0n) is 11.2. The van der Waals surface area contributed by atoms with Crippen molar-refractivity contribution in [3.63, 3.8) is 0 Å². The number of aliphatic carboxylic acids is 1. The number of rotatable bonds is 6. The molecule has 0 saturated heterocycles. The molecule has 1 aliphatic carbocycles. The largest absolute Gasteiger partial charge is 0.481 e. The molecule has 0 aromatic carbocycles. The van der Waals surface area contributed by atoms with Gasteiger partial charge in [-0.1, -0.05) is 6.42 Å². The minimum atomic E-state index is -0.763. The first kappa shape index (κ1) is 14.9. The number of carboxylic acid groups (broad SMARTS) is 1. The second-order valence-corrected chi connectivity index (χ2v) is 5.95. The predicted octanol–water partition coefficient (Wildman–Crippen LogP) is 0.875. The minimum absolute atomic E-state index is 0.0265. The molecule has 2 rings (SSSR count). The van der Waals surface area contributed by atoms with Gasteiger partial charge in [-0.25, -0.2) is 4.98 Å². The second kappa shape index (κ2) is 6.81. The van der Waals surface area contributed by atoms with Gasteiger partial charge < -0.3 is 16.2 Å². The fourth-order valence-electron chi connectivity index (χ4n) is 2.57. The first-order valence-corrected chi connectivity index (χ1v) is 7.65. The topological polar surface area (TPSA) is 105 Å². The Morgan fingerprint density at radius 1 is 1.50 bits per heavy atom. The molecule has 1 aromatic rings. The van der Waals surface area contributed by atoms with Crippen molar-refractivity contribution < 1.29 is 14.7 Å². The molecule has 1 fully saturated rings. The van der Waals surface area contributed by atoms with E-state index >= 15 is 0 Å². The van der Waals surface area contributed by atoms with E-state index in [1.54, 1.807) is 5.38 Å². The maximum atomic E-state index is 11.9. The molecule has 2 atom stereocenters. The first-order chi connectivity index (χ1) is 9.61. The van der Waals surface area contributed by atoms with Gasteiger partial charge in [-0.15, -0.1) is 11.3 Å². The number of amides is 1. The summed E-state index contributed by atoms with van der Waals surface area (Å²) in [6.07, 6.45) is 3.14. The van der Waals surface area contributed by atoms with Crippen molar-refractivity contribution in [1.29, 1.82) is 0 Å². The molecule has 1 heterocycles. The quantitative estimate of drug-likeness (QED) is 0.722. The lowest BCUT2D eigenvalue weighted by Crippen LogP contribution is -2.33. The molecule has 4 N–H and O–H groups in total. The first-order valence-electron chi connectivity index (χ1n) is 6.77. The van der Waals surface area contributed by atoms with E-state index in [4.69, 9.17) is 10.8 Å². The molecule has 0 bridgehead atoms. The summed E-state index contributed by atoms with van der Waals surface area (Å²) in [5, 5.41) is 14.4. The van der Waals surface area contributed by atoms with Gasteiger partial charge in [0, 0.05) is 18.3 Å². The van der Waals surface area contributed by atoms with E-state index in [0.717, 1.165) is 17.8 Å². The lowest BCUT2D eigenvalue weighted by molar-refractivity contribution is -0.142. The van der Waals surface area contributed by atoms with E-state index in [0.29, 0.717) is 31.6 Å². The van der Waals surface area contributed by atoms with Crippen LogP contribution in [0.2, 0.25) is 0 Å². The molecule has 2 unspecified atom stereocenters. The number of carbonyl (C=O) groups excluding carboxylic acids is 1. The van der Waals surface area contributed by atoms with Crippen LogP contribution in [0.1, 0.15) is 34.8 Å². The summed E-state index contributed by atoms with van der Waals surface area (Å²) < 4.78 is 0. The molecular formula is C13H19N3O3S. The number of nitrogens with zero attached hydrogens (tertiary/aromatic N) is 1. The summed E-state index contributed by atoms with van der Waals surface area (Å²) >= 11 is 1.42. The maximum absolute atomic E-state index is 11.9. The number of carboxylic acids is 1. The lowest BCUT2D eigenvalue weighted by Gasteiger charge is -2.15. The van der Waals surface area contributed by atoms with Gasteiger partial charge in [-0.2, -0.15) is 0 Å². The Kier molecular flexibility index (Phi) is 5.08. The third-order valence-corrected chi connectivity index (χ3v) is 4.55. The third kappa shape index (κ3) is 3.55. The van der Waals surface area contributed by atoms with Gasteiger partial charge in [0.15, 0.2) is 0 Å². The van der Waals surface area contributed by atoms with Gasteiger partial charge >= 0.3 is 5.97 Å². The Labute approximate surface area is 121 Å². The van der Waals surface area contributed by atoms with Crippen LogP contribution in [0.25, 0.3) is 0 Å². The molecule has 1 saturated carbocycles. The molecule has 0 aliphatic heterocycles. The minimum Gasteiger partial charge on any atom is -0.481 e. The number of hydrogen-bond acceptors (Lipinski definition) is 5. The fraction of sp³-hybridized carbons (Fsp3) is 0.615. The molecular weight excluding hydrogens is 278 g/mol. The molecule has 110 valence electrons. The van der Waals surface area contributed by atoms with Crippen molar-refractivity contribution in [2.24, 2.45) is 17.6 Å². The monoisotopic (exact) mass is 297 g/mol. The van der Waals surface area contributed by atoms with Crippen molar-refractivity contribution >= 4 is 23.2 Å². The van der Waals surface area contributed by atoms with E-state index in [1.165, 1.54) is 11.3 Å². The smallest absolute Gasteiger partial charge is 0.306 e. The van der Waals surface area contributed by atoms with E-state index in [1.807, 2.05) is 0 Å². The van der Waals surface area contributed by atoms with Crippen molar-refractivity contribution in [1.82, 2.24) is 10.3 Å². The number of nitrogens with one attached hydrogen (secondary N) is 1. The van der Waals surface area contributed by atoms with Crippen molar-refractivity contribution in [2.75, 3.05) is 13.1 Å². The number of aromatic nitrogens is 1. The predicted molar refractivity (Wildman–Crippen MR) is 75.7 cm³/mol. The molecule has 1 amide bonds. The standard InChI is InChI=1S/C13H19N3O3S/c14-5-4-11-16-10(7-20-11)12(17)15-6-8-2-1-3-9(8)13(18)19/h7-9H,1-6,14H2,(H,15,17)(H,18,19). The molecule has 0 spiro atoms. The number of carbonyl (C=O) groups is 2. The zero-order valence-corrected chi connectivity index (χ0v) is 12.0. The van der Waals surface area contributed by atoms with E-state index in [-0.39, 0.29) is 17.7 Å². The van der Waals surface area contributed by atoms with Crippen LogP contribution in [-0.4, -0.2) is 35.1 Å². The number of hydrogen-bond donors (Lipinski definition) is 3. The van der Waals surface area contributed by atoms with Crippen LogP contribution in [-0.2, 0) is 11.2 Å². The molecule has 20 heavy (non-hydrogen) atoms. The van der Waals surface area contributed by atoms with Crippen molar-refractivity contribution in [3.05, 3.63) is 16.1 Å². The summed E-state index contributed by atoms with van der Waals surface area (Å²) in [4.78, 5) is 27.2. The van der Waals surface area contributed by atoms with Gasteiger partial charge in [0.2, 0.25) is 0 Å². The lowest BCUT2D eigenvalue weighted by atomic mass is 9.96. The second-order valence-electron chi connectivity index (χ2n) is 5.01. The van der Waals surface area contributed by atoms with Crippen LogP contribution in [0.5, 0.6) is 0 Å². The Bertz CT molecular complexity index is 489. The fourth-order valence-corrected chi connectivity index (χ4v) is 3.37. The van der Waals surface area contributed by atoms with Crippen LogP contribution < -0.4 is 11.1 Å². The highest BCUT2D eigenvalue weighted by Crippen LogP contribution is 2.31. The average Bonchev–Trinajstić information content (AvgIpc) is 3.04. The summed E-state index contributed by atoms with van der Waals surface area (Å²) in [6, 6.07) is 0. The van der Waals surface area contributed by atoms with Gasteiger partial charge in [-0.3, -0.25) is 9.59 Å². The van der Waals surface area contributed by atoms with Crippen LogP contribution in [0.4, 0.5) is 0 Å². The summed E-state index contributed by atoms with van der Waals surface area (Å²) in [6.45, 7) is 0.913. The summed E-state index contributed by atoms with van der Waals surface area (Å²) in [5.41, 5.74) is 5.83. The zero-order chi connectivity index (χ0) is 14.5. The van der Waals surface area contributed by atoms with Crippen molar-refractivity contribution in [2.45, 2.75) is 25.7 Å². The van der Waals surface area contributed by atoms with Gasteiger partial charge in [0.1, 0.15) is 5.69 Å². The van der Waals surface area contributed by atoms with Crippen LogP contribution >= 0.6 is 11.3 Å². The Morgan fingerprint density at radius 2 is 2.30 bits per heavy atom. The molecule has 6 nitrogen and oxygen atoms in total. The molecule has 1 aliphatic rings. The average molecular weight is 297 g/mol. The number of nitrogens with two attached hydrogens (primary N) is 1. The highest BCUT2D eigenvalue weighted by molar-refractivity contribution is 7.09. The van der Waals surface area contributed by atoms with Crippen LogP contribution in [0.15, 0.2) is 5.38 Å². The summed E-state index contributed by atoms with van der Waals surface area (Å²) in [5.74, 6) is -1.31. The van der Waals surface area contributed by atoms with Crippen molar-refractivity contribution in [3.8, 4) is 0 Å². The highest BCUT2D eigenvalue weighted by atomic mass is 32.1. The van der Waals surface area contributed by atoms with Crippen LogP contribution in [0, 0.1) is 11.8 Å².